The van der Waals surface area contributed by atoms with Crippen molar-refractivity contribution >= 4 is 11.6 Å². The van der Waals surface area contributed by atoms with E-state index in [1.807, 2.05) is 0 Å². The van der Waals surface area contributed by atoms with Crippen LogP contribution in [0.2, 0.25) is 0 Å². The standard InChI is InChI=1S/C15H15F2N3O/c1-10(20-7-3-5-18-20)15(21)19-6-2-4-11-8-12(16)13(17)9-14(11)19/h3,5,7-10H,2,4,6H2,1H3. The molecule has 0 aliphatic carbocycles. The van der Waals surface area contributed by atoms with Crippen LogP contribution in [0.5, 0.6) is 0 Å². The molecule has 0 radical (unpaired) electrons. The summed E-state index contributed by atoms with van der Waals surface area (Å²) in [5, 5.41) is 4.05. The molecule has 1 atom stereocenters. The predicted octanol–water partition coefficient (Wildman–Crippen LogP) is 2.70. The molecule has 0 bridgehead atoms. The van der Waals surface area contributed by atoms with Crippen LogP contribution in [0, 0.1) is 11.6 Å². The van der Waals surface area contributed by atoms with Crippen molar-refractivity contribution in [3.8, 4) is 0 Å². The molecule has 0 fully saturated rings. The minimum absolute atomic E-state index is 0.175. The zero-order chi connectivity index (χ0) is 15.0. The molecular weight excluding hydrogens is 276 g/mol. The van der Waals surface area contributed by atoms with Crippen molar-refractivity contribution in [3.05, 3.63) is 47.8 Å². The van der Waals surface area contributed by atoms with E-state index in [9.17, 15) is 13.6 Å². The van der Waals surface area contributed by atoms with Crippen LogP contribution in [0.3, 0.4) is 0 Å². The predicted molar refractivity (Wildman–Crippen MR) is 74.0 cm³/mol. The molecule has 1 aliphatic heterocycles. The highest BCUT2D eigenvalue weighted by atomic mass is 19.2. The van der Waals surface area contributed by atoms with Gasteiger partial charge in [0.15, 0.2) is 11.6 Å². The second-order valence-corrected chi connectivity index (χ2v) is 5.15. The molecule has 110 valence electrons. The molecule has 0 spiro atoms. The topological polar surface area (TPSA) is 38.1 Å². The first-order valence-electron chi connectivity index (χ1n) is 6.86. The average molecular weight is 291 g/mol. The molecule has 1 amide bonds. The van der Waals surface area contributed by atoms with Crippen molar-refractivity contribution in [1.29, 1.82) is 0 Å². The number of aromatic nitrogens is 2. The first-order chi connectivity index (χ1) is 10.1. The third-order valence-corrected chi connectivity index (χ3v) is 3.79. The molecule has 1 aromatic carbocycles. The summed E-state index contributed by atoms with van der Waals surface area (Å²) in [5.41, 5.74) is 1.13. The largest absolute Gasteiger partial charge is 0.310 e. The highest BCUT2D eigenvalue weighted by Crippen LogP contribution is 2.30. The summed E-state index contributed by atoms with van der Waals surface area (Å²) in [5.74, 6) is -1.98. The average Bonchev–Trinajstić information content (AvgIpc) is 3.00. The first kappa shape index (κ1) is 13.7. The zero-order valence-corrected chi connectivity index (χ0v) is 11.6. The second kappa shape index (κ2) is 5.27. The number of hydrogen-bond acceptors (Lipinski definition) is 2. The van der Waals surface area contributed by atoms with E-state index in [4.69, 9.17) is 0 Å². The summed E-state index contributed by atoms with van der Waals surface area (Å²) in [7, 11) is 0. The smallest absolute Gasteiger partial charge is 0.251 e. The van der Waals surface area contributed by atoms with Gasteiger partial charge in [-0.15, -0.1) is 0 Å². The van der Waals surface area contributed by atoms with Gasteiger partial charge in [0.05, 0.1) is 0 Å². The van der Waals surface area contributed by atoms with Crippen LogP contribution in [0.1, 0.15) is 24.9 Å². The van der Waals surface area contributed by atoms with Crippen molar-refractivity contribution in [1.82, 2.24) is 9.78 Å². The van der Waals surface area contributed by atoms with Gasteiger partial charge in [-0.05, 0) is 37.5 Å². The van der Waals surface area contributed by atoms with Crippen LogP contribution in [-0.2, 0) is 11.2 Å². The van der Waals surface area contributed by atoms with Gasteiger partial charge >= 0.3 is 0 Å². The number of hydrogen-bond donors (Lipinski definition) is 0. The number of halogens is 2. The molecule has 6 heteroatoms. The molecular formula is C15H15F2N3O. The highest BCUT2D eigenvalue weighted by molar-refractivity contribution is 5.97. The Balaban J connectivity index is 1.94. The Bertz CT molecular complexity index is 670. The fraction of sp³-hybridized carbons (Fsp3) is 0.333. The number of rotatable bonds is 2. The van der Waals surface area contributed by atoms with Crippen molar-refractivity contribution < 1.29 is 13.6 Å². The normalized spacial score (nSPS) is 15.7. The quantitative estimate of drug-likeness (QED) is 0.853. The second-order valence-electron chi connectivity index (χ2n) is 5.15. The summed E-state index contributed by atoms with van der Waals surface area (Å²) in [6, 6.07) is 3.54. The minimum atomic E-state index is -0.930. The van der Waals surface area contributed by atoms with Crippen molar-refractivity contribution in [3.63, 3.8) is 0 Å². The van der Waals surface area contributed by atoms with E-state index >= 15 is 0 Å². The Hall–Kier alpha value is -2.24. The van der Waals surface area contributed by atoms with E-state index < -0.39 is 17.7 Å². The third kappa shape index (κ3) is 2.41. The lowest BCUT2D eigenvalue weighted by Crippen LogP contribution is -2.40. The van der Waals surface area contributed by atoms with Gasteiger partial charge in [-0.3, -0.25) is 9.48 Å². The Kier molecular flexibility index (Phi) is 3.45. The number of aryl methyl sites for hydroxylation is 1. The van der Waals surface area contributed by atoms with Gasteiger partial charge in [-0.25, -0.2) is 8.78 Å². The molecule has 1 aliphatic rings. The van der Waals surface area contributed by atoms with E-state index in [1.165, 1.54) is 11.0 Å². The third-order valence-electron chi connectivity index (χ3n) is 3.79. The lowest BCUT2D eigenvalue weighted by Gasteiger charge is -2.31. The van der Waals surface area contributed by atoms with Crippen LogP contribution in [0.4, 0.5) is 14.5 Å². The van der Waals surface area contributed by atoms with Gasteiger partial charge in [0.1, 0.15) is 6.04 Å². The van der Waals surface area contributed by atoms with Gasteiger partial charge in [-0.1, -0.05) is 0 Å². The van der Waals surface area contributed by atoms with Gasteiger partial charge in [0.25, 0.3) is 5.91 Å². The lowest BCUT2D eigenvalue weighted by atomic mass is 10.0. The first-order valence-corrected chi connectivity index (χ1v) is 6.86. The van der Waals surface area contributed by atoms with Gasteiger partial charge < -0.3 is 4.90 Å². The van der Waals surface area contributed by atoms with Crippen LogP contribution in [0.25, 0.3) is 0 Å². The van der Waals surface area contributed by atoms with E-state index in [1.54, 1.807) is 30.1 Å². The van der Waals surface area contributed by atoms with Gasteiger partial charge in [0.2, 0.25) is 0 Å². The molecule has 3 rings (SSSR count). The Morgan fingerprint density at radius 3 is 2.81 bits per heavy atom. The van der Waals surface area contributed by atoms with E-state index in [-0.39, 0.29) is 5.91 Å². The Morgan fingerprint density at radius 1 is 1.33 bits per heavy atom. The summed E-state index contributed by atoms with van der Waals surface area (Å²) in [6.45, 7) is 2.24. The lowest BCUT2D eigenvalue weighted by molar-refractivity contribution is -0.121. The van der Waals surface area contributed by atoms with Crippen LogP contribution >= 0.6 is 0 Å². The molecule has 2 heterocycles. The summed E-state index contributed by atoms with van der Waals surface area (Å²) in [6.07, 6.45) is 4.68. The maximum atomic E-state index is 13.5. The van der Waals surface area contributed by atoms with Gasteiger partial charge in [-0.2, -0.15) is 5.10 Å². The molecule has 21 heavy (non-hydrogen) atoms. The number of benzene rings is 1. The molecule has 0 saturated heterocycles. The summed E-state index contributed by atoms with van der Waals surface area (Å²) >= 11 is 0. The van der Waals surface area contributed by atoms with Crippen LogP contribution < -0.4 is 4.90 Å². The highest BCUT2D eigenvalue weighted by Gasteiger charge is 2.28. The Morgan fingerprint density at radius 2 is 2.10 bits per heavy atom. The number of anilines is 1. The molecule has 0 saturated carbocycles. The minimum Gasteiger partial charge on any atom is -0.310 e. The van der Waals surface area contributed by atoms with Crippen molar-refractivity contribution in [2.45, 2.75) is 25.8 Å². The monoisotopic (exact) mass is 291 g/mol. The number of carbonyl (C=O) groups excluding carboxylic acids is 1. The van der Waals surface area contributed by atoms with E-state index in [2.05, 4.69) is 5.10 Å². The molecule has 2 aromatic rings. The van der Waals surface area contributed by atoms with Crippen LogP contribution in [0.15, 0.2) is 30.6 Å². The molecule has 1 aromatic heterocycles. The van der Waals surface area contributed by atoms with E-state index in [0.29, 0.717) is 24.2 Å². The number of nitrogens with zero attached hydrogens (tertiary/aromatic N) is 3. The molecule has 0 N–H and O–H groups in total. The zero-order valence-electron chi connectivity index (χ0n) is 11.6. The number of fused-ring (bicyclic) bond motifs is 1. The molecule has 4 nitrogen and oxygen atoms in total. The van der Waals surface area contributed by atoms with Crippen molar-refractivity contribution in [2.75, 3.05) is 11.4 Å². The van der Waals surface area contributed by atoms with Crippen molar-refractivity contribution in [2.24, 2.45) is 0 Å². The fourth-order valence-corrected chi connectivity index (χ4v) is 2.65. The SMILES string of the molecule is CC(C(=O)N1CCCc2cc(F)c(F)cc21)n1cccn1. The van der Waals surface area contributed by atoms with E-state index in [0.717, 1.165) is 12.5 Å². The number of carbonyl (C=O) groups is 1. The maximum absolute atomic E-state index is 13.5. The van der Waals surface area contributed by atoms with Gasteiger partial charge in [0, 0.05) is 30.7 Å². The summed E-state index contributed by atoms with van der Waals surface area (Å²) in [4.78, 5) is 14.1. The Labute approximate surface area is 121 Å². The molecule has 1 unspecified atom stereocenters. The van der Waals surface area contributed by atoms with Crippen LogP contribution in [-0.4, -0.2) is 22.2 Å². The fourth-order valence-electron chi connectivity index (χ4n) is 2.65. The maximum Gasteiger partial charge on any atom is 0.251 e. The summed E-state index contributed by atoms with van der Waals surface area (Å²) < 4.78 is 28.4. The number of amides is 1.